The highest BCUT2D eigenvalue weighted by atomic mass is 79.9. The van der Waals surface area contributed by atoms with Crippen molar-refractivity contribution in [1.29, 1.82) is 0 Å². The average Bonchev–Trinajstić information content (AvgIpc) is 2.25. The quantitative estimate of drug-likeness (QED) is 0.834. The summed E-state index contributed by atoms with van der Waals surface area (Å²) < 4.78 is 0.923. The largest absolute Gasteiger partial charge is 0.312 e. The van der Waals surface area contributed by atoms with Crippen molar-refractivity contribution in [2.75, 3.05) is 7.05 Å². The minimum absolute atomic E-state index is 0.183. The molecule has 0 heterocycles. The number of nitrogens with one attached hydrogen (secondary N) is 1. The van der Waals surface area contributed by atoms with E-state index in [1.807, 2.05) is 32.2 Å². The summed E-state index contributed by atoms with van der Waals surface area (Å²) in [4.78, 5) is 0. The lowest BCUT2D eigenvalue weighted by molar-refractivity contribution is 0.611. The molecule has 1 aromatic rings. The molecule has 1 unspecified atom stereocenters. The zero-order valence-corrected chi connectivity index (χ0v) is 11.1. The standard InChI is InChI=1S/C12H13BrClN/c1-3-4-8-11(15-2)9-6-5-7-10(13)12(9)14/h5-7,11,15H,8H2,1-2H3. The minimum atomic E-state index is 0.183. The molecule has 1 rings (SSSR count). The predicted octanol–water partition coefficient (Wildman–Crippen LogP) is 3.78. The van der Waals surface area contributed by atoms with Crippen LogP contribution in [0.3, 0.4) is 0 Å². The molecule has 0 spiro atoms. The Morgan fingerprint density at radius 2 is 2.27 bits per heavy atom. The first-order chi connectivity index (χ1) is 7.20. The average molecular weight is 287 g/mol. The Labute approximate surface area is 104 Å². The third-order valence-corrected chi connectivity index (χ3v) is 3.50. The topological polar surface area (TPSA) is 12.0 Å². The Morgan fingerprint density at radius 3 is 2.87 bits per heavy atom. The molecule has 0 radical (unpaired) electrons. The summed E-state index contributed by atoms with van der Waals surface area (Å²) in [5.74, 6) is 5.95. The Bertz CT molecular complexity index is 392. The maximum Gasteiger partial charge on any atom is 0.0596 e. The van der Waals surface area contributed by atoms with Crippen LogP contribution < -0.4 is 5.32 Å². The zero-order valence-electron chi connectivity index (χ0n) is 8.77. The Morgan fingerprint density at radius 1 is 1.53 bits per heavy atom. The molecule has 0 fully saturated rings. The summed E-state index contributed by atoms with van der Waals surface area (Å²) in [6.07, 6.45) is 0.767. The van der Waals surface area contributed by atoms with Gasteiger partial charge in [-0.2, -0.15) is 0 Å². The van der Waals surface area contributed by atoms with Crippen LogP contribution in [0.15, 0.2) is 22.7 Å². The maximum atomic E-state index is 6.21. The molecule has 1 aromatic carbocycles. The molecule has 80 valence electrons. The second-order valence-electron chi connectivity index (χ2n) is 3.12. The van der Waals surface area contributed by atoms with Crippen molar-refractivity contribution in [2.24, 2.45) is 0 Å². The fourth-order valence-corrected chi connectivity index (χ4v) is 2.00. The molecule has 0 saturated heterocycles. The molecule has 0 aliphatic carbocycles. The van der Waals surface area contributed by atoms with Crippen molar-refractivity contribution < 1.29 is 0 Å². The van der Waals surface area contributed by atoms with Gasteiger partial charge in [0.15, 0.2) is 0 Å². The molecule has 0 amide bonds. The summed E-state index contributed by atoms with van der Waals surface area (Å²) in [6.45, 7) is 1.84. The normalized spacial score (nSPS) is 11.7. The molecule has 0 saturated carbocycles. The molecule has 0 aliphatic heterocycles. The third-order valence-electron chi connectivity index (χ3n) is 2.19. The molecule has 0 aromatic heterocycles. The summed E-state index contributed by atoms with van der Waals surface area (Å²) in [5, 5.41) is 3.97. The molecular weight excluding hydrogens is 273 g/mol. The van der Waals surface area contributed by atoms with Crippen LogP contribution in [-0.4, -0.2) is 7.05 Å². The maximum absolute atomic E-state index is 6.21. The highest BCUT2D eigenvalue weighted by Crippen LogP contribution is 2.31. The van der Waals surface area contributed by atoms with Crippen LogP contribution in [0.4, 0.5) is 0 Å². The summed E-state index contributed by atoms with van der Waals surface area (Å²) in [6, 6.07) is 6.12. The first-order valence-corrected chi connectivity index (χ1v) is 5.88. The van der Waals surface area contributed by atoms with Gasteiger partial charge in [0.05, 0.1) is 5.02 Å². The van der Waals surface area contributed by atoms with E-state index in [4.69, 9.17) is 11.6 Å². The Hall–Kier alpha value is -0.490. The van der Waals surface area contributed by atoms with E-state index in [-0.39, 0.29) is 6.04 Å². The van der Waals surface area contributed by atoms with E-state index in [1.165, 1.54) is 0 Å². The van der Waals surface area contributed by atoms with Crippen molar-refractivity contribution >= 4 is 27.5 Å². The second kappa shape index (κ2) is 6.17. The van der Waals surface area contributed by atoms with Gasteiger partial charge in [0.1, 0.15) is 0 Å². The van der Waals surface area contributed by atoms with E-state index in [9.17, 15) is 0 Å². The third kappa shape index (κ3) is 3.24. The van der Waals surface area contributed by atoms with Gasteiger partial charge in [-0.1, -0.05) is 23.7 Å². The highest BCUT2D eigenvalue weighted by Gasteiger charge is 2.12. The van der Waals surface area contributed by atoms with Gasteiger partial charge in [-0.25, -0.2) is 0 Å². The molecule has 0 aliphatic rings. The molecule has 0 bridgehead atoms. The molecular formula is C12H13BrClN. The fraction of sp³-hybridized carbons (Fsp3) is 0.333. The van der Waals surface area contributed by atoms with E-state index >= 15 is 0 Å². The smallest absolute Gasteiger partial charge is 0.0596 e. The summed E-state index contributed by atoms with van der Waals surface area (Å²) in [7, 11) is 1.92. The van der Waals surface area contributed by atoms with Crippen molar-refractivity contribution in [3.05, 3.63) is 33.3 Å². The summed E-state index contributed by atoms with van der Waals surface area (Å²) >= 11 is 9.63. The van der Waals surface area contributed by atoms with E-state index in [1.54, 1.807) is 0 Å². The van der Waals surface area contributed by atoms with Crippen molar-refractivity contribution in [1.82, 2.24) is 5.32 Å². The van der Waals surface area contributed by atoms with Gasteiger partial charge < -0.3 is 5.32 Å². The lowest BCUT2D eigenvalue weighted by Gasteiger charge is -2.15. The second-order valence-corrected chi connectivity index (χ2v) is 4.35. The summed E-state index contributed by atoms with van der Waals surface area (Å²) in [5.41, 5.74) is 1.08. The van der Waals surface area contributed by atoms with E-state index in [0.29, 0.717) is 0 Å². The van der Waals surface area contributed by atoms with Crippen LogP contribution in [0.25, 0.3) is 0 Å². The number of halogens is 2. The van der Waals surface area contributed by atoms with Gasteiger partial charge in [-0.05, 0) is 41.5 Å². The van der Waals surface area contributed by atoms with Crippen LogP contribution in [0.1, 0.15) is 24.9 Å². The van der Waals surface area contributed by atoms with Gasteiger partial charge in [0, 0.05) is 16.9 Å². The monoisotopic (exact) mass is 285 g/mol. The molecule has 3 heteroatoms. The Balaban J connectivity index is 2.99. The van der Waals surface area contributed by atoms with Gasteiger partial charge in [-0.15, -0.1) is 11.8 Å². The molecule has 15 heavy (non-hydrogen) atoms. The number of hydrogen-bond acceptors (Lipinski definition) is 1. The zero-order chi connectivity index (χ0) is 11.3. The number of rotatable bonds is 3. The fourth-order valence-electron chi connectivity index (χ4n) is 1.36. The van der Waals surface area contributed by atoms with Crippen LogP contribution >= 0.6 is 27.5 Å². The molecule has 1 N–H and O–H groups in total. The lowest BCUT2D eigenvalue weighted by Crippen LogP contribution is -2.16. The minimum Gasteiger partial charge on any atom is -0.312 e. The van der Waals surface area contributed by atoms with Crippen LogP contribution in [-0.2, 0) is 0 Å². The van der Waals surface area contributed by atoms with Crippen molar-refractivity contribution in [3.8, 4) is 11.8 Å². The van der Waals surface area contributed by atoms with Crippen LogP contribution in [0, 0.1) is 11.8 Å². The van der Waals surface area contributed by atoms with Crippen molar-refractivity contribution in [2.45, 2.75) is 19.4 Å². The molecule has 1 atom stereocenters. The molecule has 1 nitrogen and oxygen atoms in total. The van der Waals surface area contributed by atoms with Gasteiger partial charge in [-0.3, -0.25) is 0 Å². The first-order valence-electron chi connectivity index (χ1n) is 4.71. The van der Waals surface area contributed by atoms with Crippen LogP contribution in [0.2, 0.25) is 5.02 Å². The van der Waals surface area contributed by atoms with Crippen molar-refractivity contribution in [3.63, 3.8) is 0 Å². The van der Waals surface area contributed by atoms with E-state index in [2.05, 4.69) is 33.1 Å². The van der Waals surface area contributed by atoms with Gasteiger partial charge in [0.2, 0.25) is 0 Å². The van der Waals surface area contributed by atoms with E-state index < -0.39 is 0 Å². The number of benzene rings is 1. The van der Waals surface area contributed by atoms with E-state index in [0.717, 1.165) is 21.5 Å². The van der Waals surface area contributed by atoms with Gasteiger partial charge >= 0.3 is 0 Å². The highest BCUT2D eigenvalue weighted by molar-refractivity contribution is 9.10. The SMILES string of the molecule is CC#CCC(NC)c1cccc(Br)c1Cl. The predicted molar refractivity (Wildman–Crippen MR) is 69.0 cm³/mol. The Kier molecular flexibility index (Phi) is 5.17. The van der Waals surface area contributed by atoms with Crippen LogP contribution in [0.5, 0.6) is 0 Å². The lowest BCUT2D eigenvalue weighted by atomic mass is 10.0. The number of hydrogen-bond donors (Lipinski definition) is 1. The first kappa shape index (κ1) is 12.6. The van der Waals surface area contributed by atoms with Gasteiger partial charge in [0.25, 0.3) is 0 Å².